The normalized spacial score (nSPS) is 15.4. The number of hydrogen-bond acceptors (Lipinski definition) is 4. The molecule has 0 spiro atoms. The van der Waals surface area contributed by atoms with Crippen LogP contribution in [-0.4, -0.2) is 16.3 Å². The number of thioether (sulfide) groups is 1. The molecular formula is C28H26O2S2. The largest absolute Gasteiger partial charge is 0.289 e. The Morgan fingerprint density at radius 2 is 1.38 bits per heavy atom. The Kier molecular flexibility index (Phi) is 4.54. The highest BCUT2D eigenvalue weighted by atomic mass is 32.2. The lowest BCUT2D eigenvalue weighted by Crippen LogP contribution is -2.17. The summed E-state index contributed by atoms with van der Waals surface area (Å²) in [4.78, 5) is 30.2. The van der Waals surface area contributed by atoms with Crippen LogP contribution < -0.4 is 0 Å². The molecule has 3 aromatic rings. The fraction of sp³-hybridized carbons (Fsp3) is 0.286. The molecule has 4 heteroatoms. The van der Waals surface area contributed by atoms with Gasteiger partial charge in [-0.3, -0.25) is 9.59 Å². The molecule has 0 fully saturated rings. The number of thiophene rings is 1. The Morgan fingerprint density at radius 1 is 0.812 bits per heavy atom. The van der Waals surface area contributed by atoms with Gasteiger partial charge in [-0.25, -0.2) is 0 Å². The fourth-order valence-electron chi connectivity index (χ4n) is 4.52. The van der Waals surface area contributed by atoms with Crippen molar-refractivity contribution in [3.05, 3.63) is 75.7 Å². The fourth-order valence-corrected chi connectivity index (χ4v) is 6.94. The van der Waals surface area contributed by atoms with E-state index in [1.807, 2.05) is 24.3 Å². The molecule has 0 unspecified atom stereocenters. The van der Waals surface area contributed by atoms with Gasteiger partial charge in [-0.05, 0) is 29.2 Å². The average Bonchev–Trinajstić information content (AvgIpc) is 3.16. The number of fused-ring (bicyclic) bond motifs is 2. The summed E-state index contributed by atoms with van der Waals surface area (Å²) in [7, 11) is 0. The average molecular weight is 459 g/mol. The zero-order valence-electron chi connectivity index (χ0n) is 19.3. The summed E-state index contributed by atoms with van der Waals surface area (Å²) in [6.45, 7) is 16.9. The molecule has 2 aliphatic rings. The summed E-state index contributed by atoms with van der Waals surface area (Å²) in [6, 6.07) is 10.00. The number of carbonyl (C=O) groups excluding carboxylic acids is 2. The number of Topliss-reactive ketones (excluding diaryl/α,β-unsaturated/α-hetero) is 1. The van der Waals surface area contributed by atoms with Crippen molar-refractivity contribution in [2.24, 2.45) is 0 Å². The molecule has 2 aromatic carbocycles. The summed E-state index contributed by atoms with van der Waals surface area (Å²) in [5.74, 6) is 0.0432. The maximum absolute atomic E-state index is 13.6. The van der Waals surface area contributed by atoms with Gasteiger partial charge in [0.05, 0.1) is 0 Å². The van der Waals surface area contributed by atoms with Crippen LogP contribution in [0, 0.1) is 0 Å². The first kappa shape index (κ1) is 21.4. The lowest BCUT2D eigenvalue weighted by molar-refractivity contribution is 0.103. The van der Waals surface area contributed by atoms with Crippen LogP contribution in [0.3, 0.4) is 0 Å². The van der Waals surface area contributed by atoms with Gasteiger partial charge in [0, 0.05) is 58.0 Å². The Hall–Kier alpha value is -2.43. The maximum Gasteiger partial charge on any atom is 0.195 e. The zero-order valence-corrected chi connectivity index (χ0v) is 20.9. The summed E-state index contributed by atoms with van der Waals surface area (Å²) in [5.41, 5.74) is 4.85. The molecule has 0 saturated carbocycles. The quantitative estimate of drug-likeness (QED) is 0.305. The van der Waals surface area contributed by atoms with Crippen LogP contribution in [-0.2, 0) is 5.41 Å². The zero-order chi connectivity index (χ0) is 23.2. The van der Waals surface area contributed by atoms with Crippen LogP contribution >= 0.6 is 23.1 Å². The number of carbonyl (C=O) groups is 2. The van der Waals surface area contributed by atoms with Gasteiger partial charge in [-0.2, -0.15) is 0 Å². The van der Waals surface area contributed by atoms with Crippen molar-refractivity contribution >= 4 is 50.3 Å². The van der Waals surface area contributed by atoms with Crippen LogP contribution in [0.1, 0.15) is 78.3 Å². The first-order chi connectivity index (χ1) is 14.9. The van der Waals surface area contributed by atoms with Crippen LogP contribution in [0.25, 0.3) is 26.1 Å². The van der Waals surface area contributed by atoms with Gasteiger partial charge in [0.1, 0.15) is 0 Å². The summed E-state index contributed by atoms with van der Waals surface area (Å²) in [5, 5.41) is 1.83. The van der Waals surface area contributed by atoms with Crippen LogP contribution in [0.2, 0.25) is 0 Å². The predicted molar refractivity (Wildman–Crippen MR) is 138 cm³/mol. The first-order valence-electron chi connectivity index (χ1n) is 10.8. The number of ketones is 2. The van der Waals surface area contributed by atoms with E-state index in [0.717, 1.165) is 37.2 Å². The molecule has 2 aliphatic carbocycles. The van der Waals surface area contributed by atoms with E-state index in [-0.39, 0.29) is 21.7 Å². The second-order valence-corrected chi connectivity index (χ2v) is 13.4. The minimum Gasteiger partial charge on any atom is -0.289 e. The van der Waals surface area contributed by atoms with Gasteiger partial charge in [0.15, 0.2) is 11.6 Å². The molecule has 0 N–H and O–H groups in total. The first-order valence-corrected chi connectivity index (χ1v) is 12.5. The molecule has 162 valence electrons. The van der Waals surface area contributed by atoms with Crippen LogP contribution in [0.5, 0.6) is 0 Å². The van der Waals surface area contributed by atoms with Crippen molar-refractivity contribution in [1.82, 2.24) is 0 Å². The van der Waals surface area contributed by atoms with Gasteiger partial charge >= 0.3 is 0 Å². The maximum atomic E-state index is 13.6. The van der Waals surface area contributed by atoms with Gasteiger partial charge in [0.25, 0.3) is 0 Å². The molecule has 32 heavy (non-hydrogen) atoms. The second kappa shape index (κ2) is 6.79. The molecule has 0 radical (unpaired) electrons. The van der Waals surface area contributed by atoms with E-state index in [2.05, 4.69) is 54.2 Å². The SMILES string of the molecule is C=CC1=C(SC(C)(C)C)c2ccc3c4c(ccc(c24)C1=O)-c1sc(C(C)(C)C)cc1C3=O. The van der Waals surface area contributed by atoms with Gasteiger partial charge < -0.3 is 0 Å². The third-order valence-electron chi connectivity index (χ3n) is 5.96. The minimum atomic E-state index is -0.0700. The van der Waals surface area contributed by atoms with E-state index < -0.39 is 0 Å². The number of allylic oxidation sites excluding steroid dienone is 2. The van der Waals surface area contributed by atoms with Crippen LogP contribution in [0.4, 0.5) is 0 Å². The highest BCUT2D eigenvalue weighted by Gasteiger charge is 2.35. The third-order valence-corrected chi connectivity index (χ3v) is 8.81. The third kappa shape index (κ3) is 3.00. The Balaban J connectivity index is 1.88. The van der Waals surface area contributed by atoms with E-state index in [4.69, 9.17) is 0 Å². The smallest absolute Gasteiger partial charge is 0.195 e. The monoisotopic (exact) mass is 458 g/mol. The molecule has 0 saturated heterocycles. The van der Waals surface area contributed by atoms with Gasteiger partial charge in [-0.1, -0.05) is 66.3 Å². The van der Waals surface area contributed by atoms with Crippen molar-refractivity contribution in [1.29, 1.82) is 0 Å². The van der Waals surface area contributed by atoms with E-state index >= 15 is 0 Å². The molecule has 1 aromatic heterocycles. The molecule has 0 atom stereocenters. The van der Waals surface area contributed by atoms with E-state index in [9.17, 15) is 9.59 Å². The lowest BCUT2D eigenvalue weighted by Gasteiger charge is -2.28. The molecule has 0 aliphatic heterocycles. The number of rotatable bonds is 2. The second-order valence-electron chi connectivity index (χ2n) is 10.5. The molecule has 0 amide bonds. The highest BCUT2D eigenvalue weighted by Crippen LogP contribution is 2.52. The van der Waals surface area contributed by atoms with Crippen molar-refractivity contribution in [2.45, 2.75) is 51.7 Å². The molecule has 2 nitrogen and oxygen atoms in total. The molecule has 5 rings (SSSR count). The lowest BCUT2D eigenvalue weighted by atomic mass is 9.80. The Morgan fingerprint density at radius 3 is 1.97 bits per heavy atom. The van der Waals surface area contributed by atoms with E-state index in [1.165, 1.54) is 4.88 Å². The van der Waals surface area contributed by atoms with E-state index in [1.54, 1.807) is 29.2 Å². The van der Waals surface area contributed by atoms with Crippen molar-refractivity contribution < 1.29 is 9.59 Å². The Bertz CT molecular complexity index is 1400. The van der Waals surface area contributed by atoms with Crippen molar-refractivity contribution in [2.75, 3.05) is 0 Å². The highest BCUT2D eigenvalue weighted by molar-refractivity contribution is 8.09. The van der Waals surface area contributed by atoms with Crippen molar-refractivity contribution in [3.63, 3.8) is 0 Å². The number of benzene rings is 2. The summed E-state index contributed by atoms with van der Waals surface area (Å²) in [6.07, 6.45) is 1.68. The van der Waals surface area contributed by atoms with Crippen LogP contribution in [0.15, 0.2) is 48.6 Å². The predicted octanol–water partition coefficient (Wildman–Crippen LogP) is 8.04. The molecular weight excluding hydrogens is 432 g/mol. The minimum absolute atomic E-state index is 0.0113. The Labute approximate surface area is 197 Å². The number of hydrogen-bond donors (Lipinski definition) is 0. The summed E-state index contributed by atoms with van der Waals surface area (Å²) >= 11 is 3.38. The molecule has 1 heterocycles. The molecule has 0 bridgehead atoms. The van der Waals surface area contributed by atoms with E-state index in [0.29, 0.717) is 16.7 Å². The standard InChI is InChI=1S/C28H26O2S2/c1-8-14-23(29)15-9-11-17-21-16(10-12-18(22(15)21)26(14)32-28(5,6)7)24(30)19-13-20(27(2,3)4)31-25(17)19/h8-13H,1H2,2-7H3. The van der Waals surface area contributed by atoms with Gasteiger partial charge in [-0.15, -0.1) is 23.1 Å². The summed E-state index contributed by atoms with van der Waals surface area (Å²) < 4.78 is -0.0700. The van der Waals surface area contributed by atoms with Gasteiger partial charge in [0.2, 0.25) is 0 Å². The van der Waals surface area contributed by atoms with Crippen molar-refractivity contribution in [3.8, 4) is 10.4 Å². The topological polar surface area (TPSA) is 34.1 Å².